The number of benzene rings is 1. The molecule has 2 aliphatic heterocycles. The van der Waals surface area contributed by atoms with E-state index in [2.05, 4.69) is 22.1 Å². The normalized spacial score (nSPS) is 21.2. The van der Waals surface area contributed by atoms with E-state index in [0.29, 0.717) is 28.3 Å². The Labute approximate surface area is 236 Å². The lowest BCUT2D eigenvalue weighted by atomic mass is 10.1. The highest BCUT2D eigenvalue weighted by Gasteiger charge is 2.30. The van der Waals surface area contributed by atoms with Crippen LogP contribution in [0.5, 0.6) is 0 Å². The minimum Gasteiger partial charge on any atom is -0.460 e. The Morgan fingerprint density at radius 1 is 1.07 bits per heavy atom. The second-order valence-electron chi connectivity index (χ2n) is 11.4. The van der Waals surface area contributed by atoms with Crippen molar-refractivity contribution in [1.82, 2.24) is 14.3 Å². The highest BCUT2D eigenvalue weighted by atomic mass is 28.2. The molecule has 0 spiro atoms. The number of carbonyl (C=O) groups is 2. The lowest BCUT2D eigenvalue weighted by Gasteiger charge is -2.27. The van der Waals surface area contributed by atoms with Crippen LogP contribution in [0.1, 0.15) is 73.7 Å². The van der Waals surface area contributed by atoms with Gasteiger partial charge in [-0.1, -0.05) is 12.8 Å². The average Bonchev–Trinajstić information content (AvgIpc) is 3.60. The topological polar surface area (TPSA) is 67.2 Å². The number of amides is 1. The molecule has 0 N–H and O–H groups in total. The van der Waals surface area contributed by atoms with E-state index in [-0.39, 0.29) is 26.7 Å². The highest BCUT2D eigenvalue weighted by Crippen LogP contribution is 2.43. The number of esters is 1. The van der Waals surface area contributed by atoms with Crippen molar-refractivity contribution in [3.8, 4) is 16.8 Å². The van der Waals surface area contributed by atoms with E-state index in [1.807, 2.05) is 33.8 Å². The van der Waals surface area contributed by atoms with Gasteiger partial charge in [-0.2, -0.15) is 0 Å². The van der Waals surface area contributed by atoms with E-state index < -0.39 is 5.97 Å². The van der Waals surface area contributed by atoms with Gasteiger partial charge in [-0.25, -0.2) is 14.2 Å². The number of likely N-dealkylation sites (tertiary alicyclic amines) is 1. The zero-order chi connectivity index (χ0) is 27.8. The molecular formula is C31H35FN4O3Si. The van der Waals surface area contributed by atoms with Gasteiger partial charge in [0.25, 0.3) is 5.91 Å². The zero-order valence-corrected chi connectivity index (χ0v) is 24.2. The van der Waals surface area contributed by atoms with E-state index in [1.165, 1.54) is 13.5 Å². The Bertz CT molecular complexity index is 1520. The molecule has 3 fully saturated rings. The van der Waals surface area contributed by atoms with E-state index in [9.17, 15) is 9.59 Å². The first-order chi connectivity index (χ1) is 19.4. The van der Waals surface area contributed by atoms with Gasteiger partial charge in [0.15, 0.2) is 0 Å². The summed E-state index contributed by atoms with van der Waals surface area (Å²) in [6.07, 6.45) is 11.2. The summed E-state index contributed by atoms with van der Waals surface area (Å²) in [6, 6.07) is 7.59. The maximum atomic E-state index is 15.5. The maximum absolute atomic E-state index is 15.5. The summed E-state index contributed by atoms with van der Waals surface area (Å²) in [4.78, 5) is 34.1. The minimum absolute atomic E-state index is 0.0790. The molecule has 2 aromatic heterocycles. The third kappa shape index (κ3) is 5.45. The number of anilines is 1. The number of hydrogen-bond donors (Lipinski definition) is 0. The van der Waals surface area contributed by atoms with Crippen LogP contribution in [0.15, 0.2) is 36.7 Å². The number of halogens is 1. The molecule has 7 nitrogen and oxygen atoms in total. The van der Waals surface area contributed by atoms with Crippen molar-refractivity contribution in [2.75, 3.05) is 31.6 Å². The van der Waals surface area contributed by atoms with Gasteiger partial charge in [0, 0.05) is 63.8 Å². The van der Waals surface area contributed by atoms with Crippen molar-refractivity contribution in [2.45, 2.75) is 69.4 Å². The number of methoxy groups -OCH3 is 1. The van der Waals surface area contributed by atoms with Gasteiger partial charge in [-0.3, -0.25) is 4.79 Å². The maximum Gasteiger partial charge on any atom is 0.376 e. The second-order valence-corrected chi connectivity index (χ2v) is 12.7. The SMILES string of the molecule is COC(=O)C#[Si]C1CCN(c2ccc(-c3cn4cc(C(=O)N5CCCCC[C@H]5C)cc(C5CC5)c4n3)c(F)c2)C1. The molecule has 1 unspecified atom stereocenters. The van der Waals surface area contributed by atoms with Crippen LogP contribution < -0.4 is 4.90 Å². The van der Waals surface area contributed by atoms with Gasteiger partial charge >= 0.3 is 5.97 Å². The number of ether oxygens (including phenoxy) is 1. The molecule has 40 heavy (non-hydrogen) atoms. The standard InChI is InChI=1S/C31H35FN4O3Si/c1-20-6-4-3-5-12-36(20)31(38)22-14-26(21-7-8-21)30-33-28(18-35(30)16-22)25-10-9-23(15-27(25)32)34-13-11-24(17-34)40-19-29(37)39-2/h9-10,14-16,18,20-21,24H,3-8,11-13,17H2,1-2H3/t20-,24?/m1/s1. The summed E-state index contributed by atoms with van der Waals surface area (Å²) >= 11 is 0. The fraction of sp³-hybridized carbons (Fsp3) is 0.484. The van der Waals surface area contributed by atoms with E-state index in [1.54, 1.807) is 12.1 Å². The molecule has 6 rings (SSSR count). The summed E-state index contributed by atoms with van der Waals surface area (Å²) in [5, 5.41) is 0. The molecule has 3 aliphatic rings. The number of rotatable bonds is 4. The summed E-state index contributed by atoms with van der Waals surface area (Å²) in [6.45, 7) is 4.51. The average molecular weight is 559 g/mol. The van der Waals surface area contributed by atoms with Crippen LogP contribution in [0.4, 0.5) is 10.1 Å². The van der Waals surface area contributed by atoms with E-state index >= 15 is 4.39 Å². The summed E-state index contributed by atoms with van der Waals surface area (Å²) in [7, 11) is 1.63. The first kappa shape index (κ1) is 26.8. The van der Waals surface area contributed by atoms with Crippen molar-refractivity contribution in [2.24, 2.45) is 0 Å². The van der Waals surface area contributed by atoms with E-state index in [4.69, 9.17) is 4.98 Å². The van der Waals surface area contributed by atoms with Crippen LogP contribution in [0.2, 0.25) is 5.54 Å². The van der Waals surface area contributed by atoms with Crippen molar-refractivity contribution in [1.29, 1.82) is 0 Å². The fourth-order valence-electron chi connectivity index (χ4n) is 6.04. The van der Waals surface area contributed by atoms with Crippen molar-refractivity contribution >= 4 is 32.2 Å². The van der Waals surface area contributed by atoms with E-state index in [0.717, 1.165) is 75.1 Å². The van der Waals surface area contributed by atoms with Gasteiger partial charge in [-0.15, -0.1) is 0 Å². The minimum atomic E-state index is -0.419. The molecule has 3 aromatic rings. The molecule has 2 atom stereocenters. The largest absolute Gasteiger partial charge is 0.460 e. The van der Waals surface area contributed by atoms with Crippen LogP contribution in [0.25, 0.3) is 16.9 Å². The van der Waals surface area contributed by atoms with Gasteiger partial charge in [0.1, 0.15) is 11.5 Å². The summed E-state index contributed by atoms with van der Waals surface area (Å²) in [5.74, 6) is -0.258. The quantitative estimate of drug-likeness (QED) is 0.323. The van der Waals surface area contributed by atoms with Gasteiger partial charge < -0.3 is 18.9 Å². The Hall–Kier alpha value is -3.42. The number of carbonyl (C=O) groups excluding carboxylic acids is 2. The van der Waals surface area contributed by atoms with Crippen LogP contribution in [0, 0.1) is 11.3 Å². The van der Waals surface area contributed by atoms with Crippen LogP contribution in [0.3, 0.4) is 0 Å². The van der Waals surface area contributed by atoms with Gasteiger partial charge in [0.05, 0.1) is 18.4 Å². The monoisotopic (exact) mass is 558 g/mol. The Balaban J connectivity index is 1.27. The molecule has 9 heteroatoms. The summed E-state index contributed by atoms with van der Waals surface area (Å²) in [5.41, 5.74) is 7.53. The molecule has 1 amide bonds. The van der Waals surface area contributed by atoms with Crippen LogP contribution >= 0.6 is 0 Å². The second kappa shape index (κ2) is 11.2. The van der Waals surface area contributed by atoms with Gasteiger partial charge in [-0.05, 0) is 80.3 Å². The number of hydrogen-bond acceptors (Lipinski definition) is 5. The Morgan fingerprint density at radius 3 is 2.70 bits per heavy atom. The van der Waals surface area contributed by atoms with Crippen molar-refractivity contribution < 1.29 is 18.7 Å². The molecular weight excluding hydrogens is 523 g/mol. The molecule has 1 aliphatic carbocycles. The number of imidazole rings is 1. The van der Waals surface area contributed by atoms with Crippen molar-refractivity contribution in [3.63, 3.8) is 0 Å². The zero-order valence-electron chi connectivity index (χ0n) is 23.2. The number of fused-ring (bicyclic) bond motifs is 1. The highest BCUT2D eigenvalue weighted by molar-refractivity contribution is 6.32. The Kier molecular flexibility index (Phi) is 7.51. The fourth-order valence-corrected chi connectivity index (χ4v) is 7.05. The third-order valence-electron chi connectivity index (χ3n) is 8.50. The predicted octanol–water partition coefficient (Wildman–Crippen LogP) is 5.26. The summed E-state index contributed by atoms with van der Waals surface area (Å²) < 4.78 is 22.1. The molecule has 1 saturated carbocycles. The third-order valence-corrected chi connectivity index (χ3v) is 9.73. The Morgan fingerprint density at radius 2 is 1.93 bits per heavy atom. The molecule has 0 bridgehead atoms. The van der Waals surface area contributed by atoms with Crippen LogP contribution in [-0.4, -0.2) is 67.9 Å². The van der Waals surface area contributed by atoms with Crippen molar-refractivity contribution in [3.05, 3.63) is 53.6 Å². The lowest BCUT2D eigenvalue weighted by Crippen LogP contribution is -2.38. The lowest BCUT2D eigenvalue weighted by molar-refractivity contribution is -0.133. The number of pyridine rings is 1. The number of nitrogens with zero attached hydrogens (tertiary/aromatic N) is 4. The molecule has 0 radical (unpaired) electrons. The first-order valence-corrected chi connectivity index (χ1v) is 15.5. The molecule has 208 valence electrons. The molecule has 2 saturated heterocycles. The predicted molar refractivity (Wildman–Crippen MR) is 154 cm³/mol. The molecule has 1 aromatic carbocycles. The molecule has 4 heterocycles. The first-order valence-electron chi connectivity index (χ1n) is 14.4. The van der Waals surface area contributed by atoms with Gasteiger partial charge in [0.2, 0.25) is 0 Å². The number of aromatic nitrogens is 2. The van der Waals surface area contributed by atoms with Crippen LogP contribution in [-0.2, 0) is 9.53 Å². The smallest absolute Gasteiger partial charge is 0.376 e.